The lowest BCUT2D eigenvalue weighted by Gasteiger charge is -1.94. The molecule has 0 unspecified atom stereocenters. The minimum absolute atomic E-state index is 0.00319. The molecule has 5 nitrogen and oxygen atoms in total. The summed E-state index contributed by atoms with van der Waals surface area (Å²) in [6, 6.07) is 1.73. The number of nitrogens with zero attached hydrogens (tertiary/aromatic N) is 1. The normalized spacial score (nSPS) is 13.1. The van der Waals surface area contributed by atoms with Gasteiger partial charge in [-0.05, 0) is 6.07 Å². The first-order valence-electron chi connectivity index (χ1n) is 3.75. The number of amidine groups is 1. The Balaban J connectivity index is 3.01. The Kier molecular flexibility index (Phi) is 3.25. The Morgan fingerprint density at radius 2 is 2.29 bits per heavy atom. The lowest BCUT2D eigenvalue weighted by Crippen LogP contribution is -2.14. The van der Waals surface area contributed by atoms with Gasteiger partial charge in [-0.1, -0.05) is 0 Å². The van der Waals surface area contributed by atoms with Crippen molar-refractivity contribution in [2.75, 3.05) is 6.26 Å². The number of nitrogens with two attached hydrogens (primary N) is 2. The van der Waals surface area contributed by atoms with Crippen LogP contribution >= 0.6 is 11.3 Å². The molecule has 0 amide bonds. The number of rotatable bonds is 3. The van der Waals surface area contributed by atoms with Crippen molar-refractivity contribution < 1.29 is 8.42 Å². The molecule has 1 heterocycles. The molecular weight excluding hydrogens is 222 g/mol. The zero-order valence-corrected chi connectivity index (χ0v) is 9.23. The van der Waals surface area contributed by atoms with Gasteiger partial charge in [-0.15, -0.1) is 15.7 Å². The molecule has 0 aliphatic rings. The minimum atomic E-state index is -3.43. The molecule has 4 N–H and O–H groups in total. The average molecular weight is 233 g/mol. The zero-order valence-electron chi connectivity index (χ0n) is 7.60. The summed E-state index contributed by atoms with van der Waals surface area (Å²) in [7, 11) is -3.43. The largest absolute Gasteiger partial charge is 0.383 e. The van der Waals surface area contributed by atoms with E-state index in [1.165, 1.54) is 11.3 Å². The van der Waals surface area contributed by atoms with E-state index in [0.717, 1.165) is 11.1 Å². The molecule has 0 saturated carbocycles. The van der Waals surface area contributed by atoms with E-state index in [4.69, 9.17) is 11.5 Å². The van der Waals surface area contributed by atoms with Crippen LogP contribution < -0.4 is 11.5 Å². The second-order valence-corrected chi connectivity index (χ2v) is 5.36. The Hall–Kier alpha value is -0.920. The molecule has 7 heteroatoms. The number of hydrogen-bond acceptors (Lipinski definition) is 4. The topological polar surface area (TPSA) is 98.5 Å². The molecule has 0 spiro atoms. The molecule has 0 saturated heterocycles. The first-order valence-corrected chi connectivity index (χ1v) is 6.48. The lowest BCUT2D eigenvalue weighted by molar-refractivity contribution is 0.603. The van der Waals surface area contributed by atoms with Crippen LogP contribution in [0.25, 0.3) is 0 Å². The minimum Gasteiger partial charge on any atom is -0.383 e. The van der Waals surface area contributed by atoms with E-state index < -0.39 is 10.0 Å². The van der Waals surface area contributed by atoms with Gasteiger partial charge in [-0.2, -0.15) is 0 Å². The fourth-order valence-electron chi connectivity index (χ4n) is 0.853. The van der Waals surface area contributed by atoms with Crippen molar-refractivity contribution >= 4 is 27.2 Å². The third-order valence-electron chi connectivity index (χ3n) is 1.41. The van der Waals surface area contributed by atoms with Gasteiger partial charge in [0.2, 0.25) is 0 Å². The van der Waals surface area contributed by atoms with Crippen LogP contribution in [-0.2, 0) is 16.6 Å². The number of thiophene rings is 1. The van der Waals surface area contributed by atoms with E-state index in [1.807, 2.05) is 0 Å². The Morgan fingerprint density at radius 1 is 1.64 bits per heavy atom. The van der Waals surface area contributed by atoms with Crippen LogP contribution in [0.15, 0.2) is 15.8 Å². The van der Waals surface area contributed by atoms with E-state index in [-0.39, 0.29) is 5.84 Å². The highest BCUT2D eigenvalue weighted by Gasteiger charge is 2.05. The van der Waals surface area contributed by atoms with Crippen LogP contribution in [-0.4, -0.2) is 20.5 Å². The van der Waals surface area contributed by atoms with Gasteiger partial charge in [0.25, 0.3) is 10.0 Å². The summed E-state index contributed by atoms with van der Waals surface area (Å²) >= 11 is 1.42. The van der Waals surface area contributed by atoms with Crippen molar-refractivity contribution in [2.24, 2.45) is 15.9 Å². The molecule has 1 aromatic rings. The molecule has 0 radical (unpaired) electrons. The first-order chi connectivity index (χ1) is 6.42. The summed E-state index contributed by atoms with van der Waals surface area (Å²) < 4.78 is 25.0. The predicted molar refractivity (Wildman–Crippen MR) is 57.8 cm³/mol. The Bertz CT molecular complexity index is 447. The predicted octanol–water partition coefficient (Wildman–Crippen LogP) is -0.128. The monoisotopic (exact) mass is 233 g/mol. The van der Waals surface area contributed by atoms with Crippen molar-refractivity contribution in [2.45, 2.75) is 6.54 Å². The molecule has 14 heavy (non-hydrogen) atoms. The van der Waals surface area contributed by atoms with Crippen molar-refractivity contribution in [3.05, 3.63) is 21.9 Å². The molecule has 78 valence electrons. The van der Waals surface area contributed by atoms with Crippen LogP contribution in [0.3, 0.4) is 0 Å². The smallest absolute Gasteiger partial charge is 0.252 e. The first kappa shape index (κ1) is 11.2. The van der Waals surface area contributed by atoms with Crippen molar-refractivity contribution in [1.82, 2.24) is 0 Å². The summed E-state index contributed by atoms with van der Waals surface area (Å²) in [5.41, 5.74) is 11.5. The summed E-state index contributed by atoms with van der Waals surface area (Å²) in [4.78, 5) is 0.937. The van der Waals surface area contributed by atoms with E-state index in [1.54, 1.807) is 11.4 Å². The SMILES string of the molecule is CS(=O)(=O)/N=C(\N)c1csc(CN)c1. The molecule has 0 aliphatic carbocycles. The second kappa shape index (κ2) is 4.07. The molecule has 0 fully saturated rings. The summed E-state index contributed by atoms with van der Waals surface area (Å²) in [5, 5.41) is 1.73. The summed E-state index contributed by atoms with van der Waals surface area (Å²) in [6.07, 6.45) is 0.996. The summed E-state index contributed by atoms with van der Waals surface area (Å²) in [6.45, 7) is 0.414. The fraction of sp³-hybridized carbons (Fsp3) is 0.286. The van der Waals surface area contributed by atoms with Crippen molar-refractivity contribution in [3.63, 3.8) is 0 Å². The van der Waals surface area contributed by atoms with Crippen LogP contribution in [0.5, 0.6) is 0 Å². The Labute approximate surface area is 86.5 Å². The van der Waals surface area contributed by atoms with Crippen molar-refractivity contribution in [1.29, 1.82) is 0 Å². The van der Waals surface area contributed by atoms with Crippen LogP contribution in [0.1, 0.15) is 10.4 Å². The van der Waals surface area contributed by atoms with Gasteiger partial charge >= 0.3 is 0 Å². The van der Waals surface area contributed by atoms with Crippen molar-refractivity contribution in [3.8, 4) is 0 Å². The highest BCUT2D eigenvalue weighted by atomic mass is 32.2. The molecule has 0 atom stereocenters. The third-order valence-corrected chi connectivity index (χ3v) is 2.90. The molecular formula is C7H11N3O2S2. The van der Waals surface area contributed by atoms with E-state index in [2.05, 4.69) is 4.40 Å². The molecule has 0 aromatic carbocycles. The zero-order chi connectivity index (χ0) is 10.8. The van der Waals surface area contributed by atoms with Gasteiger partial charge in [0.15, 0.2) is 0 Å². The van der Waals surface area contributed by atoms with Gasteiger partial charge in [-0.3, -0.25) is 0 Å². The molecule has 0 bridgehead atoms. The van der Waals surface area contributed by atoms with E-state index >= 15 is 0 Å². The number of hydrogen-bond donors (Lipinski definition) is 2. The van der Waals surface area contributed by atoms with Gasteiger partial charge in [0, 0.05) is 22.4 Å². The molecule has 0 aliphatic heterocycles. The van der Waals surface area contributed by atoms with Crippen LogP contribution in [0.4, 0.5) is 0 Å². The highest BCUT2D eigenvalue weighted by Crippen LogP contribution is 2.13. The highest BCUT2D eigenvalue weighted by molar-refractivity contribution is 7.89. The number of sulfonamides is 1. The molecule has 1 aromatic heterocycles. The van der Waals surface area contributed by atoms with Gasteiger partial charge < -0.3 is 11.5 Å². The second-order valence-electron chi connectivity index (χ2n) is 2.72. The standard InChI is InChI=1S/C7H11N3O2S2/c1-14(11,12)10-7(9)5-2-6(3-8)13-4-5/h2,4H,3,8H2,1H3,(H2,9,10). The van der Waals surface area contributed by atoms with E-state index in [0.29, 0.717) is 12.1 Å². The summed E-state index contributed by atoms with van der Waals surface area (Å²) in [5.74, 6) is 0.00319. The van der Waals surface area contributed by atoms with Gasteiger partial charge in [-0.25, -0.2) is 8.42 Å². The average Bonchev–Trinajstić information content (AvgIpc) is 2.48. The van der Waals surface area contributed by atoms with E-state index in [9.17, 15) is 8.42 Å². The maximum absolute atomic E-state index is 10.8. The Morgan fingerprint density at radius 3 is 2.71 bits per heavy atom. The van der Waals surface area contributed by atoms with Crippen LogP contribution in [0, 0.1) is 0 Å². The maximum Gasteiger partial charge on any atom is 0.252 e. The lowest BCUT2D eigenvalue weighted by atomic mass is 10.3. The third kappa shape index (κ3) is 3.09. The van der Waals surface area contributed by atoms with Gasteiger partial charge in [0.1, 0.15) is 5.84 Å². The quantitative estimate of drug-likeness (QED) is 0.561. The maximum atomic E-state index is 10.8. The van der Waals surface area contributed by atoms with Gasteiger partial charge in [0.05, 0.1) is 6.26 Å². The fourth-order valence-corrected chi connectivity index (χ4v) is 2.07. The molecule has 1 rings (SSSR count). The van der Waals surface area contributed by atoms with Crippen LogP contribution in [0.2, 0.25) is 0 Å².